The highest BCUT2D eigenvalue weighted by Gasteiger charge is 2.44. The van der Waals surface area contributed by atoms with Crippen LogP contribution in [-0.2, 0) is 43.8 Å². The van der Waals surface area contributed by atoms with Crippen LogP contribution in [0.2, 0.25) is 0 Å². The standard InChI is InChI=1S/C55H82N8O10/c1-16-55(11,12)63-28-37(36-24-20-21-25-38(36)63)46(65)44-54(72)62(14)40(27-34(10)29-64)49(67)57-42(32(6)7)51(69)60-45(47(73-15)35-22-18-17-19-23-35)52(70)58-43(33(8)9)53(71)61(13)39(26-30(2)3)48(66)56-41(31(4)5)50(68)59-44/h16-25,28,30-34,39-47,64-65H,1,26-27,29H2,2-15H3,(H,56,66)(H,57,67)(H,58,70)(H,59,68)(H,60,69)/t34?,39-,40?,41-,42-,43-,44?,45?,46?,47?/m0/s1. The quantitative estimate of drug-likeness (QED) is 0.108. The van der Waals surface area contributed by atoms with E-state index in [1.807, 2.05) is 44.4 Å². The Labute approximate surface area is 431 Å². The lowest BCUT2D eigenvalue weighted by molar-refractivity contribution is -0.146. The van der Waals surface area contributed by atoms with Gasteiger partial charge in [0, 0.05) is 50.5 Å². The highest BCUT2D eigenvalue weighted by atomic mass is 16.5. The van der Waals surface area contributed by atoms with Crippen LogP contribution < -0.4 is 26.6 Å². The molecule has 2 heterocycles. The Bertz CT molecular complexity index is 2420. The van der Waals surface area contributed by atoms with Crippen molar-refractivity contribution in [2.24, 2.45) is 29.6 Å². The van der Waals surface area contributed by atoms with E-state index in [9.17, 15) is 39.0 Å². The number of methoxy groups -OCH3 is 1. The number of nitrogens with zero attached hydrogens (tertiary/aromatic N) is 3. The first-order valence-electron chi connectivity index (χ1n) is 25.4. The van der Waals surface area contributed by atoms with Crippen molar-refractivity contribution in [2.45, 2.75) is 149 Å². The van der Waals surface area contributed by atoms with E-state index in [0.717, 1.165) is 4.90 Å². The number of ether oxygens (including phenoxy) is 1. The first-order chi connectivity index (χ1) is 34.2. The van der Waals surface area contributed by atoms with Crippen LogP contribution in [0.3, 0.4) is 0 Å². The SMILES string of the molecule is C=CC(C)(C)n1cc(C(O)C2NC(=O)[C@H](C(C)C)NC(=O)[C@H](CC(C)C)N(C)C(=O)[C@H](C(C)C)NC(=O)C(C(OC)c3ccccc3)NC(=O)[C@H](C(C)C)NC(=O)C(CC(C)CO)N(C)C2=O)c2ccccc21. The van der Waals surface area contributed by atoms with Gasteiger partial charge in [0.2, 0.25) is 41.4 Å². The molecule has 7 amide bonds. The van der Waals surface area contributed by atoms with Crippen molar-refractivity contribution in [3.63, 3.8) is 0 Å². The van der Waals surface area contributed by atoms with E-state index >= 15 is 4.79 Å². The summed E-state index contributed by atoms with van der Waals surface area (Å²) >= 11 is 0. The number of rotatable bonds is 15. The van der Waals surface area contributed by atoms with Gasteiger partial charge in [-0.05, 0) is 67.9 Å². The number of allylic oxidation sites excluding steroid dienone is 1. The molecule has 1 aromatic heterocycles. The monoisotopic (exact) mass is 1010 g/mol. The molecule has 1 aliphatic rings. The van der Waals surface area contributed by atoms with E-state index in [2.05, 4.69) is 33.2 Å². The molecular weight excluding hydrogens is 933 g/mol. The number of para-hydroxylation sites is 1. The molecular formula is C55H82N8O10. The van der Waals surface area contributed by atoms with Gasteiger partial charge in [0.15, 0.2) is 0 Å². The molecule has 0 radical (unpaired) electrons. The summed E-state index contributed by atoms with van der Waals surface area (Å²) in [4.78, 5) is 106. The van der Waals surface area contributed by atoms with E-state index < -0.39 is 125 Å². The van der Waals surface area contributed by atoms with Crippen molar-refractivity contribution in [1.82, 2.24) is 41.0 Å². The second-order valence-corrected chi connectivity index (χ2v) is 21.6. The minimum Gasteiger partial charge on any atom is -0.396 e. The zero-order chi connectivity index (χ0) is 54.8. The average Bonchev–Trinajstić information content (AvgIpc) is 3.75. The molecule has 6 unspecified atom stereocenters. The zero-order valence-electron chi connectivity index (χ0n) is 45.3. The molecule has 0 spiro atoms. The second-order valence-electron chi connectivity index (χ2n) is 21.6. The lowest BCUT2D eigenvalue weighted by atomic mass is 9.95. The molecule has 402 valence electrons. The van der Waals surface area contributed by atoms with Crippen molar-refractivity contribution in [3.8, 4) is 0 Å². The number of aromatic nitrogens is 1. The number of benzene rings is 2. The maximum atomic E-state index is 15.3. The number of nitrogens with one attached hydrogen (secondary N) is 5. The van der Waals surface area contributed by atoms with Gasteiger partial charge in [0.1, 0.15) is 54.5 Å². The Morgan fingerprint density at radius 1 is 0.630 bits per heavy atom. The first kappa shape index (κ1) is 59.5. The number of fused-ring (bicyclic) bond motifs is 1. The van der Waals surface area contributed by atoms with E-state index in [1.54, 1.807) is 103 Å². The summed E-state index contributed by atoms with van der Waals surface area (Å²) in [5.74, 6) is -7.87. The Hall–Kier alpha value is -6.11. The molecule has 0 aliphatic carbocycles. The lowest BCUT2D eigenvalue weighted by Crippen LogP contribution is -2.62. The molecule has 0 saturated carbocycles. The van der Waals surface area contributed by atoms with Crippen LogP contribution in [0.15, 0.2) is 73.4 Å². The number of hydrogen-bond acceptors (Lipinski definition) is 10. The van der Waals surface area contributed by atoms with Crippen LogP contribution >= 0.6 is 0 Å². The molecule has 0 bridgehead atoms. The number of carbonyl (C=O) groups is 7. The molecule has 18 nitrogen and oxygen atoms in total. The van der Waals surface area contributed by atoms with Gasteiger partial charge in [-0.3, -0.25) is 33.6 Å². The highest BCUT2D eigenvalue weighted by molar-refractivity contribution is 5.99. The third-order valence-electron chi connectivity index (χ3n) is 13.9. The Morgan fingerprint density at radius 2 is 1.07 bits per heavy atom. The van der Waals surface area contributed by atoms with E-state index in [-0.39, 0.29) is 30.9 Å². The Morgan fingerprint density at radius 3 is 1.55 bits per heavy atom. The number of carbonyl (C=O) groups excluding carboxylic acids is 7. The fourth-order valence-corrected chi connectivity index (χ4v) is 9.20. The molecule has 3 aromatic rings. The third-order valence-corrected chi connectivity index (χ3v) is 13.9. The molecule has 2 aromatic carbocycles. The van der Waals surface area contributed by atoms with Gasteiger partial charge in [-0.2, -0.15) is 0 Å². The highest BCUT2D eigenvalue weighted by Crippen LogP contribution is 2.34. The van der Waals surface area contributed by atoms with Gasteiger partial charge in [-0.15, -0.1) is 6.58 Å². The Kier molecular flexibility index (Phi) is 20.9. The van der Waals surface area contributed by atoms with Crippen LogP contribution in [0.25, 0.3) is 10.9 Å². The predicted octanol–water partition coefficient (Wildman–Crippen LogP) is 4.11. The molecule has 7 N–H and O–H groups in total. The molecule has 10 atom stereocenters. The average molecular weight is 1020 g/mol. The van der Waals surface area contributed by atoms with Crippen molar-refractivity contribution in [1.29, 1.82) is 0 Å². The molecule has 18 heteroatoms. The number of aliphatic hydroxyl groups excluding tert-OH is 2. The van der Waals surface area contributed by atoms with Gasteiger partial charge < -0.3 is 55.9 Å². The van der Waals surface area contributed by atoms with Gasteiger partial charge in [-0.25, -0.2) is 0 Å². The van der Waals surface area contributed by atoms with Gasteiger partial charge in [-0.1, -0.05) is 117 Å². The van der Waals surface area contributed by atoms with Crippen LogP contribution in [0.4, 0.5) is 0 Å². The number of amides is 7. The van der Waals surface area contributed by atoms with E-state index in [4.69, 9.17) is 4.74 Å². The minimum absolute atomic E-state index is 0.120. The summed E-state index contributed by atoms with van der Waals surface area (Å²) < 4.78 is 7.80. The number of hydrogen-bond donors (Lipinski definition) is 7. The van der Waals surface area contributed by atoms with Crippen molar-refractivity contribution >= 4 is 52.3 Å². The fourth-order valence-electron chi connectivity index (χ4n) is 9.20. The second kappa shape index (κ2) is 25.7. The number of aliphatic hydroxyl groups is 2. The van der Waals surface area contributed by atoms with Crippen molar-refractivity contribution < 1.29 is 48.5 Å². The van der Waals surface area contributed by atoms with Crippen LogP contribution in [-0.4, -0.2) is 136 Å². The summed E-state index contributed by atoms with van der Waals surface area (Å²) in [6.45, 7) is 23.1. The summed E-state index contributed by atoms with van der Waals surface area (Å²) in [5.41, 5.74) is 0.808. The lowest BCUT2D eigenvalue weighted by Gasteiger charge is -2.36. The largest absolute Gasteiger partial charge is 0.396 e. The third kappa shape index (κ3) is 14.1. The molecule has 4 rings (SSSR count). The summed E-state index contributed by atoms with van der Waals surface area (Å²) in [6, 6.07) is 6.23. The van der Waals surface area contributed by atoms with Crippen LogP contribution in [0.1, 0.15) is 112 Å². The first-order valence-corrected chi connectivity index (χ1v) is 25.4. The van der Waals surface area contributed by atoms with Crippen LogP contribution in [0.5, 0.6) is 0 Å². The smallest absolute Gasteiger partial charge is 0.248 e. The van der Waals surface area contributed by atoms with Crippen molar-refractivity contribution in [3.05, 3.63) is 84.6 Å². The van der Waals surface area contributed by atoms with E-state index in [1.165, 1.54) is 26.1 Å². The topological polar surface area (TPSA) is 241 Å². The van der Waals surface area contributed by atoms with Gasteiger partial charge in [0.25, 0.3) is 0 Å². The summed E-state index contributed by atoms with van der Waals surface area (Å²) in [7, 11) is 4.17. The maximum absolute atomic E-state index is 15.3. The van der Waals surface area contributed by atoms with Crippen molar-refractivity contribution in [2.75, 3.05) is 27.8 Å². The number of likely N-dealkylation sites (N-methyl/N-ethyl adjacent to an activating group) is 2. The van der Waals surface area contributed by atoms with Gasteiger partial charge >= 0.3 is 0 Å². The van der Waals surface area contributed by atoms with Crippen LogP contribution in [0, 0.1) is 29.6 Å². The Balaban J connectivity index is 2.02. The maximum Gasteiger partial charge on any atom is 0.248 e. The zero-order valence-corrected chi connectivity index (χ0v) is 45.3. The van der Waals surface area contributed by atoms with E-state index in [0.29, 0.717) is 16.5 Å². The predicted molar refractivity (Wildman–Crippen MR) is 280 cm³/mol. The molecule has 1 aliphatic heterocycles. The van der Waals surface area contributed by atoms with Gasteiger partial charge in [0.05, 0.1) is 5.54 Å². The molecule has 73 heavy (non-hydrogen) atoms. The summed E-state index contributed by atoms with van der Waals surface area (Å²) in [6.07, 6.45) is 0.599. The summed E-state index contributed by atoms with van der Waals surface area (Å²) in [5, 5.41) is 37.6. The fraction of sp³-hybridized carbons (Fsp3) is 0.582. The molecule has 1 saturated heterocycles. The normalized spacial score (nSPS) is 24.2. The minimum atomic E-state index is -1.79. The molecule has 1 fully saturated rings.